The van der Waals surface area contributed by atoms with E-state index in [0.717, 1.165) is 11.1 Å². The number of halogens is 2. The summed E-state index contributed by atoms with van der Waals surface area (Å²) in [6.07, 6.45) is 5.76. The van der Waals surface area contributed by atoms with Gasteiger partial charge in [-0.2, -0.15) is 0 Å². The van der Waals surface area contributed by atoms with E-state index in [9.17, 15) is 9.59 Å². The molecule has 0 saturated heterocycles. The lowest BCUT2D eigenvalue weighted by atomic mass is 10.1. The lowest BCUT2D eigenvalue weighted by Crippen LogP contribution is -1.79. The standard InChI is InChI=1S/C12H8Cl2O2/c13-11(15)7-5-9-1-2-10(4-3-9)6-8-12(14)16/h1-8H/b7-5+,8-6+. The monoisotopic (exact) mass is 254 g/mol. The minimum Gasteiger partial charge on any atom is -0.276 e. The number of allylic oxidation sites excluding steroid dienone is 2. The Kier molecular flexibility index (Phi) is 4.96. The summed E-state index contributed by atoms with van der Waals surface area (Å²) in [4.78, 5) is 21.0. The smallest absolute Gasteiger partial charge is 0.245 e. The lowest BCUT2D eigenvalue weighted by Gasteiger charge is -1.94. The molecule has 0 aliphatic rings. The molecule has 2 nitrogen and oxygen atoms in total. The van der Waals surface area contributed by atoms with Crippen LogP contribution in [0, 0.1) is 0 Å². The summed E-state index contributed by atoms with van der Waals surface area (Å²) in [5.74, 6) is 0. The third-order valence-electron chi connectivity index (χ3n) is 1.75. The molecule has 0 atom stereocenters. The maximum absolute atomic E-state index is 10.5. The normalized spacial score (nSPS) is 11.1. The first-order chi connectivity index (χ1) is 7.58. The largest absolute Gasteiger partial charge is 0.276 e. The molecule has 1 aromatic carbocycles. The topological polar surface area (TPSA) is 34.1 Å². The molecule has 0 unspecified atom stereocenters. The molecule has 0 heterocycles. The van der Waals surface area contributed by atoms with Gasteiger partial charge in [-0.05, 0) is 46.5 Å². The summed E-state index contributed by atoms with van der Waals surface area (Å²) in [5.41, 5.74) is 1.70. The average Bonchev–Trinajstić information content (AvgIpc) is 2.25. The predicted molar refractivity (Wildman–Crippen MR) is 66.2 cm³/mol. The Hall–Kier alpha value is -1.38. The minimum atomic E-state index is -0.517. The molecule has 0 N–H and O–H groups in total. The fraction of sp³-hybridized carbons (Fsp3) is 0. The van der Waals surface area contributed by atoms with Crippen molar-refractivity contribution in [3.05, 3.63) is 47.5 Å². The van der Waals surface area contributed by atoms with Gasteiger partial charge >= 0.3 is 0 Å². The molecular weight excluding hydrogens is 247 g/mol. The third-order valence-corrected chi connectivity index (χ3v) is 2.00. The second kappa shape index (κ2) is 6.26. The zero-order chi connectivity index (χ0) is 12.0. The highest BCUT2D eigenvalue weighted by Gasteiger charge is 1.91. The van der Waals surface area contributed by atoms with Crippen LogP contribution in [0.5, 0.6) is 0 Å². The Balaban J connectivity index is 2.75. The van der Waals surface area contributed by atoms with E-state index in [4.69, 9.17) is 23.2 Å². The molecule has 4 heteroatoms. The van der Waals surface area contributed by atoms with E-state index in [1.54, 1.807) is 36.4 Å². The first kappa shape index (κ1) is 12.7. The molecule has 0 radical (unpaired) electrons. The van der Waals surface area contributed by atoms with Gasteiger partial charge < -0.3 is 0 Å². The zero-order valence-corrected chi connectivity index (χ0v) is 9.70. The second-order valence-corrected chi connectivity index (χ2v) is 3.69. The minimum absolute atomic E-state index is 0.517. The van der Waals surface area contributed by atoms with Gasteiger partial charge in [-0.1, -0.05) is 36.4 Å². The van der Waals surface area contributed by atoms with Gasteiger partial charge in [0.15, 0.2) is 0 Å². The number of carbonyl (C=O) groups excluding carboxylic acids is 2. The van der Waals surface area contributed by atoms with E-state index in [1.165, 1.54) is 12.2 Å². The molecule has 0 aliphatic heterocycles. The van der Waals surface area contributed by atoms with Gasteiger partial charge in [0.1, 0.15) is 0 Å². The van der Waals surface area contributed by atoms with Gasteiger partial charge in [-0.3, -0.25) is 9.59 Å². The summed E-state index contributed by atoms with van der Waals surface area (Å²) in [7, 11) is 0. The highest BCUT2D eigenvalue weighted by molar-refractivity contribution is 6.67. The van der Waals surface area contributed by atoms with E-state index in [0.29, 0.717) is 0 Å². The molecule has 0 amide bonds. The molecule has 0 aromatic heterocycles. The van der Waals surface area contributed by atoms with Gasteiger partial charge in [-0.15, -0.1) is 0 Å². The highest BCUT2D eigenvalue weighted by Crippen LogP contribution is 2.08. The predicted octanol–water partition coefficient (Wildman–Crippen LogP) is 3.24. The van der Waals surface area contributed by atoms with Crippen LogP contribution in [-0.4, -0.2) is 10.5 Å². The SMILES string of the molecule is O=C(Cl)/C=C/c1ccc(/C=C/C(=O)Cl)cc1. The highest BCUT2D eigenvalue weighted by atomic mass is 35.5. The lowest BCUT2D eigenvalue weighted by molar-refractivity contribution is -0.108. The van der Waals surface area contributed by atoms with Crippen molar-refractivity contribution in [2.75, 3.05) is 0 Å². The van der Waals surface area contributed by atoms with Crippen LogP contribution in [0.25, 0.3) is 12.2 Å². The Labute approximate surface area is 103 Å². The summed E-state index contributed by atoms with van der Waals surface area (Å²) in [6.45, 7) is 0. The third kappa shape index (κ3) is 4.91. The summed E-state index contributed by atoms with van der Waals surface area (Å²) < 4.78 is 0. The second-order valence-electron chi connectivity index (χ2n) is 2.94. The Bertz CT molecular complexity index is 402. The van der Waals surface area contributed by atoms with Crippen molar-refractivity contribution < 1.29 is 9.59 Å². The average molecular weight is 255 g/mol. The van der Waals surface area contributed by atoms with Crippen LogP contribution in [-0.2, 0) is 9.59 Å². The Morgan fingerprint density at radius 1 is 0.812 bits per heavy atom. The fourth-order valence-corrected chi connectivity index (χ4v) is 1.17. The van der Waals surface area contributed by atoms with E-state index in [-0.39, 0.29) is 0 Å². The van der Waals surface area contributed by atoms with Crippen molar-refractivity contribution in [1.29, 1.82) is 0 Å². The summed E-state index contributed by atoms with van der Waals surface area (Å²) >= 11 is 10.3. The number of rotatable bonds is 4. The van der Waals surface area contributed by atoms with Gasteiger partial charge in [-0.25, -0.2) is 0 Å². The molecule has 1 aromatic rings. The van der Waals surface area contributed by atoms with Crippen molar-refractivity contribution in [1.82, 2.24) is 0 Å². The van der Waals surface area contributed by atoms with Crippen molar-refractivity contribution >= 4 is 45.8 Å². The maximum atomic E-state index is 10.5. The van der Waals surface area contributed by atoms with Gasteiger partial charge in [0.25, 0.3) is 0 Å². The molecule has 0 aliphatic carbocycles. The first-order valence-electron chi connectivity index (χ1n) is 4.43. The van der Waals surface area contributed by atoms with Gasteiger partial charge in [0, 0.05) is 0 Å². The molecular formula is C12H8Cl2O2. The van der Waals surface area contributed by atoms with Crippen LogP contribution in [0.2, 0.25) is 0 Å². The summed E-state index contributed by atoms with van der Waals surface area (Å²) in [6, 6.07) is 7.20. The number of hydrogen-bond acceptors (Lipinski definition) is 2. The molecule has 0 bridgehead atoms. The van der Waals surface area contributed by atoms with E-state index in [2.05, 4.69) is 0 Å². The van der Waals surface area contributed by atoms with Crippen LogP contribution in [0.3, 0.4) is 0 Å². The van der Waals surface area contributed by atoms with Crippen LogP contribution < -0.4 is 0 Å². The number of carbonyl (C=O) groups is 2. The van der Waals surface area contributed by atoms with Crippen LogP contribution >= 0.6 is 23.2 Å². The van der Waals surface area contributed by atoms with Crippen LogP contribution in [0.15, 0.2) is 36.4 Å². The molecule has 82 valence electrons. The number of benzene rings is 1. The number of hydrogen-bond donors (Lipinski definition) is 0. The molecule has 1 rings (SSSR count). The van der Waals surface area contributed by atoms with Crippen LogP contribution in [0.1, 0.15) is 11.1 Å². The summed E-state index contributed by atoms with van der Waals surface area (Å²) in [5, 5.41) is -1.03. The van der Waals surface area contributed by atoms with Gasteiger partial charge in [0.2, 0.25) is 10.5 Å². The van der Waals surface area contributed by atoms with E-state index < -0.39 is 10.5 Å². The van der Waals surface area contributed by atoms with Gasteiger partial charge in [0.05, 0.1) is 0 Å². The molecule has 0 saturated carbocycles. The van der Waals surface area contributed by atoms with Crippen molar-refractivity contribution in [3.63, 3.8) is 0 Å². The van der Waals surface area contributed by atoms with Crippen molar-refractivity contribution in [2.45, 2.75) is 0 Å². The fourth-order valence-electron chi connectivity index (χ4n) is 1.04. The van der Waals surface area contributed by atoms with E-state index >= 15 is 0 Å². The quantitative estimate of drug-likeness (QED) is 0.611. The molecule has 0 spiro atoms. The molecule has 16 heavy (non-hydrogen) atoms. The van der Waals surface area contributed by atoms with Crippen molar-refractivity contribution in [3.8, 4) is 0 Å². The zero-order valence-electron chi connectivity index (χ0n) is 8.19. The first-order valence-corrected chi connectivity index (χ1v) is 5.18. The molecule has 0 fully saturated rings. The van der Waals surface area contributed by atoms with Crippen LogP contribution in [0.4, 0.5) is 0 Å². The maximum Gasteiger partial charge on any atom is 0.245 e. The Morgan fingerprint density at radius 2 is 1.12 bits per heavy atom. The Morgan fingerprint density at radius 3 is 1.38 bits per heavy atom. The van der Waals surface area contributed by atoms with E-state index in [1.807, 2.05) is 0 Å². The van der Waals surface area contributed by atoms with Crippen molar-refractivity contribution in [2.24, 2.45) is 0 Å².